The summed E-state index contributed by atoms with van der Waals surface area (Å²) < 4.78 is 51.2. The summed E-state index contributed by atoms with van der Waals surface area (Å²) in [5.41, 5.74) is -2.28. The largest absolute Gasteiger partial charge is 0.508 e. The van der Waals surface area contributed by atoms with Gasteiger partial charge in [0, 0.05) is 18.0 Å². The number of halogens is 3. The number of phenolic OH excluding ortho intramolecular Hbond substituents is 2. The van der Waals surface area contributed by atoms with Crippen molar-refractivity contribution in [3.8, 4) is 28.7 Å². The van der Waals surface area contributed by atoms with Crippen LogP contribution in [0, 0.1) is 12.0 Å². The van der Waals surface area contributed by atoms with Gasteiger partial charge in [-0.05, 0) is 24.3 Å². The Morgan fingerprint density at radius 1 is 1.23 bits per heavy atom. The number of hydrogen-bond acceptors (Lipinski definition) is 7. The number of likely N-dealkylation sites (tertiary alicyclic amines) is 1. The number of ether oxygens (including phenoxy) is 1. The van der Waals surface area contributed by atoms with Gasteiger partial charge in [-0.3, -0.25) is 4.79 Å². The molecule has 1 saturated heterocycles. The number of benzene rings is 2. The van der Waals surface area contributed by atoms with Crippen molar-refractivity contribution in [1.82, 2.24) is 15.1 Å². The van der Waals surface area contributed by atoms with E-state index in [0.29, 0.717) is 6.07 Å². The molecule has 182 valence electrons. The van der Waals surface area contributed by atoms with E-state index in [9.17, 15) is 28.2 Å². The summed E-state index contributed by atoms with van der Waals surface area (Å²) >= 11 is 0. The molecule has 0 spiro atoms. The van der Waals surface area contributed by atoms with Gasteiger partial charge in [0.15, 0.2) is 11.8 Å². The van der Waals surface area contributed by atoms with Gasteiger partial charge in [-0.15, -0.1) is 10.2 Å². The van der Waals surface area contributed by atoms with Crippen LogP contribution in [0.5, 0.6) is 17.2 Å². The molecule has 1 unspecified atom stereocenters. The van der Waals surface area contributed by atoms with Gasteiger partial charge in [0.25, 0.3) is 11.8 Å². The summed E-state index contributed by atoms with van der Waals surface area (Å²) in [6.07, 6.45) is -5.84. The minimum Gasteiger partial charge on any atom is -0.508 e. The lowest BCUT2D eigenvalue weighted by molar-refractivity contribution is -0.137. The fraction of sp³-hybridized carbons (Fsp3) is 0.304. The SMILES string of the molecule is [C-]#[N+]c1ccc(OC2C(=O)N(Cc3nnc(-c4ccc(O)cc4O)o3)CC2(C)C)cc1C(F)(F)F. The smallest absolute Gasteiger partial charge is 0.407 e. The maximum absolute atomic E-state index is 13.3. The van der Waals surface area contributed by atoms with Crippen LogP contribution in [0.25, 0.3) is 16.3 Å². The molecule has 35 heavy (non-hydrogen) atoms. The molecule has 1 amide bonds. The molecule has 1 aliphatic rings. The standard InChI is InChI=1S/C23H19F3N4O5/c1-22(2)11-30(10-18-28-29-20(35-18)14-6-4-12(31)8-17(14)32)21(33)19(22)34-13-5-7-16(27-3)15(9-13)23(24,25)26/h4-9,19,31-32H,10-11H2,1-2H3. The molecule has 4 rings (SSSR count). The number of aromatic nitrogens is 2. The Morgan fingerprint density at radius 2 is 1.97 bits per heavy atom. The van der Waals surface area contributed by atoms with Crippen LogP contribution in [0.3, 0.4) is 0 Å². The first-order chi connectivity index (χ1) is 16.4. The highest BCUT2D eigenvalue weighted by Gasteiger charge is 2.48. The van der Waals surface area contributed by atoms with Crippen LogP contribution in [0.15, 0.2) is 40.8 Å². The van der Waals surface area contributed by atoms with Crippen molar-refractivity contribution in [2.24, 2.45) is 5.41 Å². The molecule has 12 heteroatoms. The number of amides is 1. The molecule has 1 aliphatic heterocycles. The molecule has 0 bridgehead atoms. The summed E-state index contributed by atoms with van der Waals surface area (Å²) in [5.74, 6) is -1.03. The number of phenols is 2. The van der Waals surface area contributed by atoms with Crippen molar-refractivity contribution in [2.45, 2.75) is 32.7 Å². The second kappa shape index (κ2) is 8.50. The molecule has 1 atom stereocenters. The minimum absolute atomic E-state index is 0.0178. The number of aromatic hydroxyl groups is 2. The third-order valence-electron chi connectivity index (χ3n) is 5.50. The fourth-order valence-electron chi connectivity index (χ4n) is 3.84. The third-order valence-corrected chi connectivity index (χ3v) is 5.50. The van der Waals surface area contributed by atoms with Gasteiger partial charge in [-0.25, -0.2) is 4.85 Å². The second-order valence-electron chi connectivity index (χ2n) is 8.67. The molecule has 0 radical (unpaired) electrons. The van der Waals surface area contributed by atoms with Crippen molar-refractivity contribution in [3.63, 3.8) is 0 Å². The molecule has 2 heterocycles. The highest BCUT2D eigenvalue weighted by molar-refractivity contribution is 5.84. The van der Waals surface area contributed by atoms with Gasteiger partial charge in [0.2, 0.25) is 5.89 Å². The summed E-state index contributed by atoms with van der Waals surface area (Å²) in [5, 5.41) is 27.1. The van der Waals surface area contributed by atoms with E-state index >= 15 is 0 Å². The zero-order chi connectivity index (χ0) is 25.5. The van der Waals surface area contributed by atoms with E-state index in [1.165, 1.54) is 23.1 Å². The zero-order valence-corrected chi connectivity index (χ0v) is 18.5. The fourth-order valence-corrected chi connectivity index (χ4v) is 3.84. The number of nitrogens with zero attached hydrogens (tertiary/aromatic N) is 4. The van der Waals surface area contributed by atoms with E-state index in [-0.39, 0.29) is 47.7 Å². The highest BCUT2D eigenvalue weighted by atomic mass is 19.4. The second-order valence-corrected chi connectivity index (χ2v) is 8.67. The lowest BCUT2D eigenvalue weighted by atomic mass is 9.89. The number of rotatable bonds is 5. The van der Waals surface area contributed by atoms with Crippen LogP contribution in [0.4, 0.5) is 18.9 Å². The normalized spacial score (nSPS) is 17.4. The Bertz CT molecular complexity index is 1330. The number of carbonyl (C=O) groups is 1. The summed E-state index contributed by atoms with van der Waals surface area (Å²) in [6, 6.07) is 6.79. The Balaban J connectivity index is 1.53. The predicted octanol–water partition coefficient (Wildman–Crippen LogP) is 4.53. The molecule has 3 aromatic rings. The van der Waals surface area contributed by atoms with Crippen LogP contribution in [0.2, 0.25) is 0 Å². The van der Waals surface area contributed by atoms with E-state index < -0.39 is 34.9 Å². The van der Waals surface area contributed by atoms with Crippen molar-refractivity contribution < 1.29 is 37.3 Å². The van der Waals surface area contributed by atoms with Crippen molar-refractivity contribution in [1.29, 1.82) is 0 Å². The maximum Gasteiger partial charge on any atom is 0.407 e. The molecule has 1 aromatic heterocycles. The summed E-state index contributed by atoms with van der Waals surface area (Å²) in [7, 11) is 0. The first-order valence-corrected chi connectivity index (χ1v) is 10.3. The monoisotopic (exact) mass is 488 g/mol. The molecule has 2 aromatic carbocycles. The molecule has 1 fully saturated rings. The average Bonchev–Trinajstić information content (AvgIpc) is 3.31. The van der Waals surface area contributed by atoms with E-state index in [1.807, 2.05) is 0 Å². The summed E-state index contributed by atoms with van der Waals surface area (Å²) in [6.45, 7) is 10.5. The molecule has 0 aliphatic carbocycles. The summed E-state index contributed by atoms with van der Waals surface area (Å²) in [4.78, 5) is 17.4. The quantitative estimate of drug-likeness (QED) is 0.507. The highest BCUT2D eigenvalue weighted by Crippen LogP contribution is 2.41. The number of alkyl halides is 3. The van der Waals surface area contributed by atoms with Crippen molar-refractivity contribution in [3.05, 3.63) is 59.3 Å². The van der Waals surface area contributed by atoms with E-state index in [1.54, 1.807) is 13.8 Å². The first kappa shape index (κ1) is 23.9. The van der Waals surface area contributed by atoms with Crippen molar-refractivity contribution >= 4 is 11.6 Å². The topological polar surface area (TPSA) is 113 Å². The van der Waals surface area contributed by atoms with E-state index in [0.717, 1.165) is 12.1 Å². The molecule has 0 saturated carbocycles. The van der Waals surface area contributed by atoms with Crippen LogP contribution in [0.1, 0.15) is 25.3 Å². The lowest BCUT2D eigenvalue weighted by Crippen LogP contribution is -2.36. The van der Waals surface area contributed by atoms with E-state index in [4.69, 9.17) is 15.7 Å². The first-order valence-electron chi connectivity index (χ1n) is 10.3. The lowest BCUT2D eigenvalue weighted by Gasteiger charge is -2.24. The Kier molecular flexibility index (Phi) is 5.80. The predicted molar refractivity (Wildman–Crippen MR) is 114 cm³/mol. The molecular weight excluding hydrogens is 469 g/mol. The number of hydrogen-bond donors (Lipinski definition) is 2. The number of carbonyl (C=O) groups excluding carboxylic acids is 1. The minimum atomic E-state index is -4.75. The average molecular weight is 488 g/mol. The molecule has 9 nitrogen and oxygen atoms in total. The maximum atomic E-state index is 13.3. The van der Waals surface area contributed by atoms with E-state index in [2.05, 4.69) is 15.0 Å². The van der Waals surface area contributed by atoms with Gasteiger partial charge >= 0.3 is 6.18 Å². The van der Waals surface area contributed by atoms with Gasteiger partial charge < -0.3 is 24.3 Å². The molecular formula is C23H19F3N4O5. The third kappa shape index (κ3) is 4.70. The Morgan fingerprint density at radius 3 is 2.63 bits per heavy atom. The Labute approximate surface area is 197 Å². The van der Waals surface area contributed by atoms with Crippen molar-refractivity contribution in [2.75, 3.05) is 6.54 Å². The van der Waals surface area contributed by atoms with Gasteiger partial charge in [-0.1, -0.05) is 19.9 Å². The van der Waals surface area contributed by atoms with Crippen LogP contribution in [-0.2, 0) is 17.5 Å². The van der Waals surface area contributed by atoms with Gasteiger partial charge in [-0.2, -0.15) is 13.2 Å². The molecule has 2 N–H and O–H groups in total. The zero-order valence-electron chi connectivity index (χ0n) is 18.5. The van der Waals surface area contributed by atoms with Crippen LogP contribution < -0.4 is 4.74 Å². The van der Waals surface area contributed by atoms with Gasteiger partial charge in [0.1, 0.15) is 17.2 Å². The van der Waals surface area contributed by atoms with Gasteiger partial charge in [0.05, 0.1) is 24.2 Å². The van der Waals surface area contributed by atoms with Crippen LogP contribution in [-0.4, -0.2) is 43.9 Å². The van der Waals surface area contributed by atoms with Crippen LogP contribution >= 0.6 is 0 Å². The Hall–Kier alpha value is -4.27.